The minimum Gasteiger partial charge on any atom is -0.481 e. The van der Waals surface area contributed by atoms with Crippen LogP contribution in [0.3, 0.4) is 0 Å². The second-order valence-corrected chi connectivity index (χ2v) is 3.86. The molecule has 18 heavy (non-hydrogen) atoms. The fourth-order valence-corrected chi connectivity index (χ4v) is 1.78. The lowest BCUT2D eigenvalue weighted by atomic mass is 10.3. The number of hydrogen-bond acceptors (Lipinski definition) is 4. The second-order valence-electron chi connectivity index (χ2n) is 3.86. The Morgan fingerprint density at radius 1 is 1.33 bits per heavy atom. The number of hydrogen-bond donors (Lipinski definition) is 1. The summed E-state index contributed by atoms with van der Waals surface area (Å²) in [5.74, 6) is 0.477. The molecule has 6 nitrogen and oxygen atoms in total. The van der Waals surface area contributed by atoms with E-state index in [1.165, 1.54) is 0 Å². The lowest BCUT2D eigenvalue weighted by Crippen LogP contribution is -2.02. The molecule has 0 aliphatic carbocycles. The molecule has 0 spiro atoms. The van der Waals surface area contributed by atoms with Crippen LogP contribution in [0.5, 0.6) is 11.5 Å². The number of carboxylic acid groups (broad SMARTS) is 1. The second kappa shape index (κ2) is 4.06. The van der Waals surface area contributed by atoms with Crippen molar-refractivity contribution in [2.45, 2.75) is 6.42 Å². The first-order valence-electron chi connectivity index (χ1n) is 5.39. The van der Waals surface area contributed by atoms with Gasteiger partial charge in [-0.2, -0.15) is 5.10 Å². The van der Waals surface area contributed by atoms with Crippen LogP contribution >= 0.6 is 0 Å². The van der Waals surface area contributed by atoms with Crippen LogP contribution in [0, 0.1) is 0 Å². The van der Waals surface area contributed by atoms with Gasteiger partial charge in [-0.25, -0.2) is 4.68 Å². The number of aromatic nitrogens is 2. The summed E-state index contributed by atoms with van der Waals surface area (Å²) < 4.78 is 12.1. The number of benzene rings is 1. The smallest absolute Gasteiger partial charge is 0.309 e. The zero-order valence-corrected chi connectivity index (χ0v) is 9.37. The fourth-order valence-electron chi connectivity index (χ4n) is 1.78. The minimum atomic E-state index is -0.897. The Morgan fingerprint density at radius 3 is 3.00 bits per heavy atom. The summed E-state index contributed by atoms with van der Waals surface area (Å²) in [5.41, 5.74) is 1.32. The van der Waals surface area contributed by atoms with Gasteiger partial charge in [0.2, 0.25) is 6.79 Å². The summed E-state index contributed by atoms with van der Waals surface area (Å²) in [6.45, 7) is 0.224. The summed E-state index contributed by atoms with van der Waals surface area (Å²) in [6.07, 6.45) is 1.63. The molecule has 2 aromatic rings. The van der Waals surface area contributed by atoms with Crippen LogP contribution in [0.15, 0.2) is 30.5 Å². The average Bonchev–Trinajstić information content (AvgIpc) is 2.95. The standard InChI is InChI=1S/C12H10N2O4/c15-12(16)5-8-3-4-14(13-8)9-1-2-10-11(6-9)18-7-17-10/h1-4,6H,5,7H2,(H,15,16). The normalized spacial score (nSPS) is 12.7. The molecule has 92 valence electrons. The van der Waals surface area contributed by atoms with Gasteiger partial charge in [-0.15, -0.1) is 0 Å². The Bertz CT molecular complexity index is 606. The molecule has 1 aromatic heterocycles. The highest BCUT2D eigenvalue weighted by molar-refractivity contribution is 5.69. The Morgan fingerprint density at radius 2 is 2.17 bits per heavy atom. The van der Waals surface area contributed by atoms with E-state index >= 15 is 0 Å². The molecule has 0 radical (unpaired) electrons. The SMILES string of the molecule is O=C(O)Cc1ccn(-c2ccc3c(c2)OCO3)n1. The molecule has 3 rings (SSSR count). The Labute approximate surface area is 102 Å². The van der Waals surface area contributed by atoms with Crippen molar-refractivity contribution in [2.75, 3.05) is 6.79 Å². The van der Waals surface area contributed by atoms with Gasteiger partial charge in [-0.3, -0.25) is 4.79 Å². The van der Waals surface area contributed by atoms with Crippen molar-refractivity contribution in [3.8, 4) is 17.2 Å². The zero-order chi connectivity index (χ0) is 12.5. The summed E-state index contributed by atoms with van der Waals surface area (Å²) >= 11 is 0. The van der Waals surface area contributed by atoms with Crippen molar-refractivity contribution in [2.24, 2.45) is 0 Å². The van der Waals surface area contributed by atoms with E-state index in [1.807, 2.05) is 6.07 Å². The van der Waals surface area contributed by atoms with Crippen LogP contribution in [0.25, 0.3) is 5.69 Å². The predicted molar refractivity (Wildman–Crippen MR) is 61.0 cm³/mol. The lowest BCUT2D eigenvalue weighted by molar-refractivity contribution is -0.136. The van der Waals surface area contributed by atoms with E-state index in [0.29, 0.717) is 17.2 Å². The maximum Gasteiger partial charge on any atom is 0.309 e. The first-order valence-corrected chi connectivity index (χ1v) is 5.39. The van der Waals surface area contributed by atoms with Crippen LogP contribution in [-0.4, -0.2) is 27.6 Å². The van der Waals surface area contributed by atoms with Gasteiger partial charge in [-0.05, 0) is 18.2 Å². The van der Waals surface area contributed by atoms with Crippen LogP contribution in [-0.2, 0) is 11.2 Å². The molecule has 0 amide bonds. The van der Waals surface area contributed by atoms with Gasteiger partial charge >= 0.3 is 5.97 Å². The number of carboxylic acids is 1. The molecule has 1 aliphatic rings. The predicted octanol–water partition coefficient (Wildman–Crippen LogP) is 1.23. The van der Waals surface area contributed by atoms with E-state index in [2.05, 4.69) is 5.10 Å². The van der Waals surface area contributed by atoms with Gasteiger partial charge in [0, 0.05) is 12.3 Å². The third-order valence-electron chi connectivity index (χ3n) is 2.60. The topological polar surface area (TPSA) is 73.6 Å². The molecule has 1 aliphatic heterocycles. The summed E-state index contributed by atoms with van der Waals surface area (Å²) in [6, 6.07) is 7.12. The Kier molecular flexibility index (Phi) is 2.40. The van der Waals surface area contributed by atoms with Crippen LogP contribution in [0.1, 0.15) is 5.69 Å². The minimum absolute atomic E-state index is 0.0858. The van der Waals surface area contributed by atoms with Crippen molar-refractivity contribution >= 4 is 5.97 Å². The molecule has 0 bridgehead atoms. The number of aliphatic carboxylic acids is 1. The van der Waals surface area contributed by atoms with E-state index < -0.39 is 5.97 Å². The van der Waals surface area contributed by atoms with Crippen LogP contribution in [0.2, 0.25) is 0 Å². The summed E-state index contributed by atoms with van der Waals surface area (Å²) in [4.78, 5) is 10.6. The molecule has 0 saturated carbocycles. The third kappa shape index (κ3) is 1.88. The highest BCUT2D eigenvalue weighted by atomic mass is 16.7. The Hall–Kier alpha value is -2.50. The summed E-state index contributed by atoms with van der Waals surface area (Å²) in [5, 5.41) is 12.9. The molecule has 6 heteroatoms. The fraction of sp³-hybridized carbons (Fsp3) is 0.167. The van der Waals surface area contributed by atoms with E-state index in [1.54, 1.807) is 29.1 Å². The highest BCUT2D eigenvalue weighted by Crippen LogP contribution is 2.33. The molecule has 1 aromatic carbocycles. The van der Waals surface area contributed by atoms with Gasteiger partial charge in [0.15, 0.2) is 11.5 Å². The van der Waals surface area contributed by atoms with Gasteiger partial charge in [0.1, 0.15) is 0 Å². The van der Waals surface area contributed by atoms with E-state index in [0.717, 1.165) is 5.69 Å². The zero-order valence-electron chi connectivity index (χ0n) is 9.37. The maximum atomic E-state index is 10.6. The highest BCUT2D eigenvalue weighted by Gasteiger charge is 2.14. The molecular formula is C12H10N2O4. The van der Waals surface area contributed by atoms with Crippen molar-refractivity contribution in [1.82, 2.24) is 9.78 Å². The van der Waals surface area contributed by atoms with Gasteiger partial charge in [0.05, 0.1) is 17.8 Å². The van der Waals surface area contributed by atoms with E-state index in [-0.39, 0.29) is 13.2 Å². The Balaban J connectivity index is 1.90. The number of nitrogens with zero attached hydrogens (tertiary/aromatic N) is 2. The van der Waals surface area contributed by atoms with Crippen LogP contribution in [0.4, 0.5) is 0 Å². The van der Waals surface area contributed by atoms with Gasteiger partial charge < -0.3 is 14.6 Å². The molecule has 0 atom stereocenters. The quantitative estimate of drug-likeness (QED) is 0.881. The molecule has 0 fully saturated rings. The molecule has 0 saturated heterocycles. The average molecular weight is 246 g/mol. The molecule has 0 unspecified atom stereocenters. The first kappa shape index (κ1) is 10.6. The molecular weight excluding hydrogens is 236 g/mol. The molecule has 1 N–H and O–H groups in total. The number of fused-ring (bicyclic) bond motifs is 1. The van der Waals surface area contributed by atoms with Crippen molar-refractivity contribution in [3.05, 3.63) is 36.2 Å². The van der Waals surface area contributed by atoms with E-state index in [4.69, 9.17) is 14.6 Å². The number of rotatable bonds is 3. The van der Waals surface area contributed by atoms with Crippen molar-refractivity contribution < 1.29 is 19.4 Å². The lowest BCUT2D eigenvalue weighted by Gasteiger charge is -2.02. The number of ether oxygens (including phenoxy) is 2. The van der Waals surface area contributed by atoms with E-state index in [9.17, 15) is 4.79 Å². The molecule has 2 heterocycles. The number of carbonyl (C=O) groups is 1. The first-order chi connectivity index (χ1) is 8.72. The third-order valence-corrected chi connectivity index (χ3v) is 2.60. The monoisotopic (exact) mass is 246 g/mol. The largest absolute Gasteiger partial charge is 0.481 e. The van der Waals surface area contributed by atoms with Crippen LogP contribution < -0.4 is 9.47 Å². The van der Waals surface area contributed by atoms with Gasteiger partial charge in [-0.1, -0.05) is 0 Å². The van der Waals surface area contributed by atoms with Crippen molar-refractivity contribution in [1.29, 1.82) is 0 Å². The van der Waals surface area contributed by atoms with Gasteiger partial charge in [0.25, 0.3) is 0 Å². The van der Waals surface area contributed by atoms with Crippen molar-refractivity contribution in [3.63, 3.8) is 0 Å². The maximum absolute atomic E-state index is 10.6. The summed E-state index contributed by atoms with van der Waals surface area (Å²) in [7, 11) is 0.